The van der Waals surface area contributed by atoms with E-state index in [4.69, 9.17) is 10.7 Å². The van der Waals surface area contributed by atoms with Gasteiger partial charge in [0.05, 0.1) is 5.69 Å². The molecular formula is C25H25N3OS2. The van der Waals surface area contributed by atoms with Gasteiger partial charge in [0.15, 0.2) is 0 Å². The third-order valence-electron chi connectivity index (χ3n) is 5.96. The number of nitrogen functional groups attached to an aromatic ring is 1. The summed E-state index contributed by atoms with van der Waals surface area (Å²) < 4.78 is 0. The van der Waals surface area contributed by atoms with Crippen molar-refractivity contribution in [1.82, 2.24) is 4.98 Å². The normalized spacial score (nSPS) is 13.5. The lowest BCUT2D eigenvalue weighted by molar-refractivity contribution is 0.103. The number of rotatable bonds is 4. The first kappa shape index (κ1) is 20.2. The van der Waals surface area contributed by atoms with Gasteiger partial charge in [0.2, 0.25) is 0 Å². The minimum atomic E-state index is -0.173. The average Bonchev–Trinajstić information content (AvgIpc) is 3.41. The molecule has 0 spiro atoms. The number of aromatic nitrogens is 1. The van der Waals surface area contributed by atoms with Gasteiger partial charge in [0.25, 0.3) is 5.91 Å². The van der Waals surface area contributed by atoms with E-state index in [1.54, 1.807) is 11.3 Å². The highest BCUT2D eigenvalue weighted by atomic mass is 32.1. The highest BCUT2D eigenvalue weighted by molar-refractivity contribution is 7.21. The fourth-order valence-electron chi connectivity index (χ4n) is 4.31. The van der Waals surface area contributed by atoms with Gasteiger partial charge in [-0.2, -0.15) is 0 Å². The molecule has 1 amide bonds. The van der Waals surface area contributed by atoms with Crippen LogP contribution >= 0.6 is 22.7 Å². The van der Waals surface area contributed by atoms with E-state index in [-0.39, 0.29) is 5.91 Å². The number of hydrogen-bond donors (Lipinski definition) is 2. The molecule has 6 heteroatoms. The fourth-order valence-corrected chi connectivity index (χ4v) is 6.13. The molecule has 1 aliphatic rings. The highest BCUT2D eigenvalue weighted by Crippen LogP contribution is 2.45. The van der Waals surface area contributed by atoms with Gasteiger partial charge in [-0.05, 0) is 66.3 Å². The van der Waals surface area contributed by atoms with E-state index in [0.717, 1.165) is 35.2 Å². The molecule has 0 fully saturated rings. The third kappa shape index (κ3) is 3.64. The summed E-state index contributed by atoms with van der Waals surface area (Å²) in [6.45, 7) is 4.31. The topological polar surface area (TPSA) is 68.0 Å². The molecule has 3 N–H and O–H groups in total. The predicted molar refractivity (Wildman–Crippen MR) is 132 cm³/mol. The summed E-state index contributed by atoms with van der Waals surface area (Å²) in [6.07, 6.45) is 4.34. The van der Waals surface area contributed by atoms with Gasteiger partial charge in [-0.3, -0.25) is 4.79 Å². The molecule has 0 bridgehead atoms. The molecule has 0 atom stereocenters. The van der Waals surface area contributed by atoms with Gasteiger partial charge in [0, 0.05) is 27.2 Å². The van der Waals surface area contributed by atoms with Crippen molar-refractivity contribution in [1.29, 1.82) is 0 Å². The van der Waals surface area contributed by atoms with Crippen molar-refractivity contribution in [3.05, 3.63) is 63.5 Å². The maximum Gasteiger partial charge on any atom is 0.267 e. The van der Waals surface area contributed by atoms with E-state index in [2.05, 4.69) is 48.8 Å². The lowest BCUT2D eigenvalue weighted by Crippen LogP contribution is -2.12. The molecule has 5 rings (SSSR count). The second-order valence-electron chi connectivity index (χ2n) is 8.35. The van der Waals surface area contributed by atoms with Crippen molar-refractivity contribution in [2.75, 3.05) is 11.1 Å². The first-order valence-electron chi connectivity index (χ1n) is 10.7. The number of carbonyl (C=O) groups excluding carboxylic acids is 1. The van der Waals surface area contributed by atoms with Crippen molar-refractivity contribution in [2.45, 2.75) is 45.4 Å². The minimum absolute atomic E-state index is 0.173. The van der Waals surface area contributed by atoms with E-state index in [0.29, 0.717) is 16.5 Å². The van der Waals surface area contributed by atoms with Crippen molar-refractivity contribution in [3.63, 3.8) is 0 Å². The van der Waals surface area contributed by atoms with Crippen LogP contribution in [0.2, 0.25) is 0 Å². The SMILES string of the molecule is CC(C)c1ccc(NC(=O)c2sc3nc4c(c(-c5cccs5)c3c2N)CCCC4)cc1. The second kappa shape index (κ2) is 8.09. The van der Waals surface area contributed by atoms with Crippen LogP contribution in [0.3, 0.4) is 0 Å². The van der Waals surface area contributed by atoms with Crippen molar-refractivity contribution in [2.24, 2.45) is 0 Å². The number of nitrogens with zero attached hydrogens (tertiary/aromatic N) is 1. The highest BCUT2D eigenvalue weighted by Gasteiger charge is 2.26. The monoisotopic (exact) mass is 447 g/mol. The van der Waals surface area contributed by atoms with E-state index in [1.807, 2.05) is 12.1 Å². The smallest absolute Gasteiger partial charge is 0.267 e. The number of anilines is 2. The van der Waals surface area contributed by atoms with Crippen molar-refractivity contribution >= 4 is 50.2 Å². The van der Waals surface area contributed by atoms with Gasteiger partial charge in [-0.25, -0.2) is 4.98 Å². The van der Waals surface area contributed by atoms with Gasteiger partial charge < -0.3 is 11.1 Å². The maximum atomic E-state index is 13.1. The Labute approximate surface area is 190 Å². The minimum Gasteiger partial charge on any atom is -0.397 e. The summed E-state index contributed by atoms with van der Waals surface area (Å²) in [4.78, 5) is 20.7. The van der Waals surface area contributed by atoms with Crippen LogP contribution in [-0.4, -0.2) is 10.9 Å². The summed E-state index contributed by atoms with van der Waals surface area (Å²) in [7, 11) is 0. The number of thiophene rings is 2. The van der Waals surface area contributed by atoms with Crippen LogP contribution in [0.5, 0.6) is 0 Å². The van der Waals surface area contributed by atoms with Crippen LogP contribution in [0, 0.1) is 0 Å². The average molecular weight is 448 g/mol. The summed E-state index contributed by atoms with van der Waals surface area (Å²) in [5, 5.41) is 6.05. The molecule has 158 valence electrons. The lowest BCUT2D eigenvalue weighted by atomic mass is 9.90. The maximum absolute atomic E-state index is 13.1. The summed E-state index contributed by atoms with van der Waals surface area (Å²) in [5.41, 5.74) is 12.8. The number of pyridine rings is 1. The van der Waals surface area contributed by atoms with Gasteiger partial charge in [0.1, 0.15) is 9.71 Å². The van der Waals surface area contributed by atoms with Crippen molar-refractivity contribution in [3.8, 4) is 10.4 Å². The number of fused-ring (bicyclic) bond motifs is 2. The molecule has 4 aromatic rings. The number of hydrogen-bond acceptors (Lipinski definition) is 5. The summed E-state index contributed by atoms with van der Waals surface area (Å²) in [6, 6.07) is 12.2. The van der Waals surface area contributed by atoms with Gasteiger partial charge in [-0.15, -0.1) is 22.7 Å². The Balaban J connectivity index is 1.58. The van der Waals surface area contributed by atoms with Crippen molar-refractivity contribution < 1.29 is 4.79 Å². The Morgan fingerprint density at radius 1 is 1.13 bits per heavy atom. The quantitative estimate of drug-likeness (QED) is 0.359. The Bertz CT molecular complexity index is 1250. The van der Waals surface area contributed by atoms with Gasteiger partial charge >= 0.3 is 0 Å². The molecule has 0 saturated heterocycles. The number of nitrogens with one attached hydrogen (secondary N) is 1. The number of nitrogens with two attached hydrogens (primary N) is 1. The Morgan fingerprint density at radius 3 is 2.61 bits per heavy atom. The van der Waals surface area contributed by atoms with E-state index in [9.17, 15) is 4.79 Å². The van der Waals surface area contributed by atoms with Crippen LogP contribution in [0.4, 0.5) is 11.4 Å². The van der Waals surface area contributed by atoms with E-state index in [1.165, 1.54) is 45.0 Å². The molecule has 0 aliphatic heterocycles. The third-order valence-corrected chi connectivity index (χ3v) is 7.95. The number of aryl methyl sites for hydroxylation is 1. The number of benzene rings is 1. The molecule has 3 aromatic heterocycles. The molecule has 0 saturated carbocycles. The zero-order valence-corrected chi connectivity index (χ0v) is 19.3. The number of carbonyl (C=O) groups is 1. The zero-order valence-electron chi connectivity index (χ0n) is 17.7. The summed E-state index contributed by atoms with van der Waals surface area (Å²) in [5.74, 6) is 0.281. The van der Waals surface area contributed by atoms with Gasteiger partial charge in [-0.1, -0.05) is 32.0 Å². The fraction of sp³-hybridized carbons (Fsp3) is 0.280. The molecule has 1 aromatic carbocycles. The molecule has 0 unspecified atom stereocenters. The van der Waals surface area contributed by atoms with E-state index < -0.39 is 0 Å². The van der Waals surface area contributed by atoms with E-state index >= 15 is 0 Å². The Hall–Kier alpha value is -2.70. The number of amides is 1. The predicted octanol–water partition coefficient (Wildman–Crippen LogP) is 6.86. The summed E-state index contributed by atoms with van der Waals surface area (Å²) >= 11 is 3.12. The standard InChI is InChI=1S/C25H25N3OS2/c1-14(2)15-9-11-16(12-10-15)27-24(29)23-22(26)21-20(19-8-5-13-30-19)17-6-3-4-7-18(17)28-25(21)31-23/h5,8-14H,3-4,6-7,26H2,1-2H3,(H,27,29). The first-order valence-corrected chi connectivity index (χ1v) is 12.4. The molecule has 0 radical (unpaired) electrons. The Kier molecular flexibility index (Phi) is 5.28. The first-order chi connectivity index (χ1) is 15.0. The zero-order chi connectivity index (χ0) is 21.5. The molecule has 31 heavy (non-hydrogen) atoms. The molecular weight excluding hydrogens is 422 g/mol. The lowest BCUT2D eigenvalue weighted by Gasteiger charge is -2.19. The van der Waals surface area contributed by atoms with Crippen LogP contribution < -0.4 is 11.1 Å². The van der Waals surface area contributed by atoms with Crippen LogP contribution in [-0.2, 0) is 12.8 Å². The molecule has 1 aliphatic carbocycles. The van der Waals surface area contributed by atoms with Crippen LogP contribution in [0.15, 0.2) is 41.8 Å². The molecule has 4 nitrogen and oxygen atoms in total. The second-order valence-corrected chi connectivity index (χ2v) is 10.3. The van der Waals surface area contributed by atoms with Crippen LogP contribution in [0.1, 0.15) is 59.1 Å². The molecule has 3 heterocycles. The Morgan fingerprint density at radius 2 is 1.90 bits per heavy atom. The largest absolute Gasteiger partial charge is 0.397 e. The van der Waals surface area contributed by atoms with Crippen LogP contribution in [0.25, 0.3) is 20.7 Å².